The van der Waals surface area contributed by atoms with Crippen molar-refractivity contribution in [2.75, 3.05) is 11.9 Å². The molecule has 0 saturated heterocycles. The number of quaternary nitrogens is 1. The minimum absolute atomic E-state index is 0. The van der Waals surface area contributed by atoms with Crippen molar-refractivity contribution in [2.24, 2.45) is 0 Å². The fourth-order valence-electron chi connectivity index (χ4n) is 4.66. The number of carbonyl (C=O) groups excluding carboxylic acids is 3. The Morgan fingerprint density at radius 3 is 2.22 bits per heavy atom. The van der Waals surface area contributed by atoms with E-state index in [1.807, 2.05) is 48.5 Å². The van der Waals surface area contributed by atoms with Crippen LogP contribution in [-0.2, 0) is 33.8 Å². The van der Waals surface area contributed by atoms with Crippen molar-refractivity contribution in [2.45, 2.75) is 83.8 Å². The van der Waals surface area contributed by atoms with Crippen LogP contribution in [0.3, 0.4) is 0 Å². The summed E-state index contributed by atoms with van der Waals surface area (Å²) >= 11 is 3.43. The monoisotopic (exact) mass is 701 g/mol. The summed E-state index contributed by atoms with van der Waals surface area (Å²) in [4.78, 5) is 38.3. The molecule has 1 atom stereocenters. The number of anilines is 1. The zero-order valence-corrected chi connectivity index (χ0v) is 28.3. The molecule has 244 valence electrons. The highest BCUT2D eigenvalue weighted by Gasteiger charge is 2.22. The second-order valence-corrected chi connectivity index (χ2v) is 11.7. The molecule has 5 N–H and O–H groups in total. The van der Waals surface area contributed by atoms with Gasteiger partial charge in [-0.1, -0.05) is 84.6 Å². The summed E-state index contributed by atoms with van der Waals surface area (Å²) in [7, 11) is 0. The maximum atomic E-state index is 13.4. The Bertz CT molecular complexity index is 1320. The van der Waals surface area contributed by atoms with Gasteiger partial charge >= 0.3 is 6.16 Å². The number of unbranched alkanes of at least 4 members (excludes halogenated alkanes) is 5. The smallest absolute Gasteiger partial charge is 0.514 e. The van der Waals surface area contributed by atoms with Crippen molar-refractivity contribution in [3.63, 3.8) is 0 Å². The number of hydrogen-bond acceptors (Lipinski definition) is 5. The van der Waals surface area contributed by atoms with E-state index in [2.05, 4.69) is 39.2 Å². The number of aryl methyl sites for hydroxylation is 1. The molecule has 8 nitrogen and oxygen atoms in total. The Hall–Kier alpha value is -3.40. The first kappa shape index (κ1) is 37.8. The van der Waals surface area contributed by atoms with Gasteiger partial charge in [0, 0.05) is 28.6 Å². The maximum Gasteiger partial charge on any atom is 0.514 e. The summed E-state index contributed by atoms with van der Waals surface area (Å²) in [5.41, 5.74) is 7.40. The van der Waals surface area contributed by atoms with Crippen molar-refractivity contribution < 1.29 is 42.0 Å². The lowest BCUT2D eigenvalue weighted by atomic mass is 10.0. The van der Waals surface area contributed by atoms with Crippen molar-refractivity contribution in [3.8, 4) is 5.75 Å². The van der Waals surface area contributed by atoms with Crippen LogP contribution in [-0.4, -0.2) is 30.6 Å². The molecule has 0 radical (unpaired) electrons. The van der Waals surface area contributed by atoms with E-state index >= 15 is 0 Å². The van der Waals surface area contributed by atoms with Gasteiger partial charge in [0.1, 0.15) is 18.4 Å². The highest BCUT2D eigenvalue weighted by molar-refractivity contribution is 9.10. The third-order valence-corrected chi connectivity index (χ3v) is 7.99. The number of benzene rings is 3. The van der Waals surface area contributed by atoms with Crippen LogP contribution in [0.4, 0.5) is 10.5 Å². The van der Waals surface area contributed by atoms with Crippen LogP contribution in [0, 0.1) is 0 Å². The van der Waals surface area contributed by atoms with Gasteiger partial charge in [0.25, 0.3) is 0 Å². The lowest BCUT2D eigenvalue weighted by Gasteiger charge is -2.19. The summed E-state index contributed by atoms with van der Waals surface area (Å²) < 4.78 is 11.4. The summed E-state index contributed by atoms with van der Waals surface area (Å²) in [5, 5.41) is 5.89. The number of amides is 2. The first-order valence-corrected chi connectivity index (χ1v) is 16.3. The number of rotatable bonds is 18. The van der Waals surface area contributed by atoms with Gasteiger partial charge in [0.15, 0.2) is 0 Å². The molecule has 0 bridgehead atoms. The van der Waals surface area contributed by atoms with Crippen LogP contribution in [0.15, 0.2) is 77.3 Å². The topological polar surface area (TPSA) is 121 Å². The lowest BCUT2D eigenvalue weighted by Crippen LogP contribution is -3.00. The first-order chi connectivity index (χ1) is 21.4. The van der Waals surface area contributed by atoms with Crippen molar-refractivity contribution in [1.82, 2.24) is 5.32 Å². The van der Waals surface area contributed by atoms with Crippen molar-refractivity contribution in [1.29, 1.82) is 0 Å². The molecule has 2 amide bonds. The third-order valence-electron chi connectivity index (χ3n) is 7.21. The first-order valence-electron chi connectivity index (χ1n) is 15.5. The van der Waals surface area contributed by atoms with Gasteiger partial charge in [-0.05, 0) is 73.6 Å². The molecule has 0 heterocycles. The van der Waals surface area contributed by atoms with E-state index in [0.717, 1.165) is 54.2 Å². The molecule has 10 heteroatoms. The number of hydrogen-bond donors (Lipinski definition) is 3. The van der Waals surface area contributed by atoms with Crippen LogP contribution in [0.5, 0.6) is 5.75 Å². The standard InChI is InChI=1S/C35H44BrN3O5.ClH/c1-2-3-4-6-11-26-15-19-29(20-16-26)38-34(41)32(39-33(40)14-7-5-10-23-37)24-27-17-21-30(22-18-27)44-35(42)43-25-28-12-8-9-13-31(28)36;/h8-9,12-13,15-22,32H,2-7,10-11,14,23-25,37H2,1H3,(H,38,41)(H,39,40);1H/t32-;/m0./s1. The van der Waals surface area contributed by atoms with E-state index < -0.39 is 12.2 Å². The number of ether oxygens (including phenoxy) is 2. The molecule has 0 aromatic heterocycles. The number of nitrogens with one attached hydrogen (secondary N) is 2. The van der Waals surface area contributed by atoms with Crippen molar-refractivity contribution >= 4 is 39.6 Å². The predicted octanol–water partition coefficient (Wildman–Crippen LogP) is 3.76. The molecular formula is C35H45BrClN3O5. The Labute approximate surface area is 281 Å². The molecule has 45 heavy (non-hydrogen) atoms. The van der Waals surface area contributed by atoms with Gasteiger partial charge in [-0.15, -0.1) is 0 Å². The molecule has 0 spiro atoms. The van der Waals surface area contributed by atoms with E-state index in [4.69, 9.17) is 9.47 Å². The van der Waals surface area contributed by atoms with Crippen LogP contribution in [0.2, 0.25) is 0 Å². The molecule has 0 unspecified atom stereocenters. The minimum Gasteiger partial charge on any atom is -1.00 e. The van der Waals surface area contributed by atoms with Gasteiger partial charge in [-0.2, -0.15) is 0 Å². The van der Waals surface area contributed by atoms with Gasteiger partial charge in [-0.3, -0.25) is 9.59 Å². The summed E-state index contributed by atoms with van der Waals surface area (Å²) in [6, 6.07) is 21.4. The molecule has 3 aromatic rings. The van der Waals surface area contributed by atoms with Crippen molar-refractivity contribution in [3.05, 3.63) is 94.0 Å². The van der Waals surface area contributed by atoms with E-state index in [-0.39, 0.29) is 37.2 Å². The zero-order valence-electron chi connectivity index (χ0n) is 26.0. The van der Waals surface area contributed by atoms with Crippen LogP contribution in [0.25, 0.3) is 0 Å². The zero-order chi connectivity index (χ0) is 31.6. The third kappa shape index (κ3) is 14.5. The number of halogens is 2. The second kappa shape index (κ2) is 21.4. The fraction of sp³-hybridized carbons (Fsp3) is 0.400. The van der Waals surface area contributed by atoms with Crippen LogP contribution < -0.4 is 33.5 Å². The SMILES string of the molecule is CCCCCCc1ccc(NC(=O)[C@H](Cc2ccc(OC(=O)OCc3ccccc3Br)cc2)NC(=O)CCCCC[NH3+])cc1.[Cl-]. The Kier molecular flexibility index (Phi) is 17.9. The highest BCUT2D eigenvalue weighted by atomic mass is 79.9. The predicted molar refractivity (Wildman–Crippen MR) is 176 cm³/mol. The lowest BCUT2D eigenvalue weighted by molar-refractivity contribution is -0.368. The Morgan fingerprint density at radius 1 is 0.844 bits per heavy atom. The molecule has 0 aliphatic rings. The van der Waals surface area contributed by atoms with Gasteiger partial charge < -0.3 is 38.2 Å². The molecular weight excluding hydrogens is 658 g/mol. The Balaban J connectivity index is 0.00000705. The van der Waals surface area contributed by atoms with E-state index in [1.54, 1.807) is 24.3 Å². The fourth-order valence-corrected chi connectivity index (χ4v) is 5.06. The molecule has 3 aromatic carbocycles. The maximum absolute atomic E-state index is 13.4. The average molecular weight is 703 g/mol. The summed E-state index contributed by atoms with van der Waals surface area (Å²) in [6.45, 7) is 3.12. The van der Waals surface area contributed by atoms with Crippen LogP contribution in [0.1, 0.15) is 75.0 Å². The second-order valence-electron chi connectivity index (χ2n) is 10.9. The van der Waals surface area contributed by atoms with E-state index in [0.29, 0.717) is 17.9 Å². The molecule has 0 aliphatic carbocycles. The average Bonchev–Trinajstić information content (AvgIpc) is 3.02. The minimum atomic E-state index is -0.816. The normalized spacial score (nSPS) is 11.2. The molecule has 0 fully saturated rings. The summed E-state index contributed by atoms with van der Waals surface area (Å²) in [6.07, 6.45) is 8.29. The van der Waals surface area contributed by atoms with Gasteiger partial charge in [-0.25, -0.2) is 4.79 Å². The number of carbonyl (C=O) groups is 3. The summed E-state index contributed by atoms with van der Waals surface area (Å²) in [5.74, 6) is -0.136. The van der Waals surface area contributed by atoms with Gasteiger partial charge in [0.05, 0.1) is 6.54 Å². The molecule has 0 saturated carbocycles. The van der Waals surface area contributed by atoms with E-state index in [9.17, 15) is 14.4 Å². The largest absolute Gasteiger partial charge is 1.00 e. The highest BCUT2D eigenvalue weighted by Crippen LogP contribution is 2.19. The Morgan fingerprint density at radius 2 is 1.53 bits per heavy atom. The molecule has 0 aliphatic heterocycles. The van der Waals surface area contributed by atoms with Crippen LogP contribution >= 0.6 is 15.9 Å². The molecule has 3 rings (SSSR count). The van der Waals surface area contributed by atoms with Gasteiger partial charge in [0.2, 0.25) is 11.8 Å². The van der Waals surface area contributed by atoms with E-state index in [1.165, 1.54) is 24.8 Å². The quantitative estimate of drug-likeness (QED) is 0.106.